The number of hydrogen-bond donors (Lipinski definition) is 0. The van der Waals surface area contributed by atoms with Crippen LogP contribution in [0.15, 0.2) is 12.5 Å². The highest BCUT2D eigenvalue weighted by Gasteiger charge is 2.23. The topological polar surface area (TPSA) is 56.1 Å². The number of piperidine rings is 1. The first-order valence-corrected chi connectivity index (χ1v) is 7.92. The van der Waals surface area contributed by atoms with E-state index in [2.05, 4.69) is 47.2 Å². The molecule has 0 amide bonds. The zero-order chi connectivity index (χ0) is 13.9. The van der Waals surface area contributed by atoms with Crippen molar-refractivity contribution in [3.05, 3.63) is 16.2 Å². The van der Waals surface area contributed by atoms with E-state index in [9.17, 15) is 0 Å². The van der Waals surface area contributed by atoms with Crippen molar-refractivity contribution in [2.45, 2.75) is 18.9 Å². The third-order valence-electron chi connectivity index (χ3n) is 3.84. The number of ether oxygens (including phenoxy) is 1. The summed E-state index contributed by atoms with van der Waals surface area (Å²) in [5, 5.41) is 5.71. The Hall–Kier alpha value is -0.800. The number of nitrogens with zero attached hydrogens (tertiary/aromatic N) is 5. The molecule has 0 spiro atoms. The molecule has 3 rings (SSSR count). The number of methoxy groups -OCH3 is 1. The number of rotatable bonds is 4. The Kier molecular flexibility index (Phi) is 4.47. The molecule has 0 unspecified atom stereocenters. The molecule has 0 saturated carbocycles. The van der Waals surface area contributed by atoms with Gasteiger partial charge in [0.05, 0.1) is 18.0 Å². The molecule has 2 aromatic rings. The van der Waals surface area contributed by atoms with Gasteiger partial charge in [0.1, 0.15) is 10.0 Å². The van der Waals surface area contributed by atoms with Crippen molar-refractivity contribution in [3.63, 3.8) is 0 Å². The maximum atomic E-state index is 5.14. The molecular formula is C13H18IN5O. The summed E-state index contributed by atoms with van der Waals surface area (Å²) in [6.45, 7) is 4.01. The van der Waals surface area contributed by atoms with Crippen LogP contribution in [0.4, 0.5) is 0 Å². The summed E-state index contributed by atoms with van der Waals surface area (Å²) < 4.78 is 8.22. The third kappa shape index (κ3) is 2.79. The van der Waals surface area contributed by atoms with Gasteiger partial charge in [0.2, 0.25) is 0 Å². The van der Waals surface area contributed by atoms with Gasteiger partial charge in [-0.05, 0) is 35.4 Å². The van der Waals surface area contributed by atoms with Crippen LogP contribution >= 0.6 is 22.6 Å². The predicted octanol–water partition coefficient (Wildman–Crippen LogP) is 1.71. The van der Waals surface area contributed by atoms with Gasteiger partial charge in [-0.2, -0.15) is 5.10 Å². The fourth-order valence-corrected chi connectivity index (χ4v) is 3.32. The molecule has 6 nitrogen and oxygen atoms in total. The lowest BCUT2D eigenvalue weighted by atomic mass is 10.1. The summed E-state index contributed by atoms with van der Waals surface area (Å²) in [5.74, 6) is 0. The first-order valence-electron chi connectivity index (χ1n) is 6.84. The highest BCUT2D eigenvalue weighted by atomic mass is 127. The zero-order valence-electron chi connectivity index (χ0n) is 11.5. The van der Waals surface area contributed by atoms with Crippen molar-refractivity contribution in [2.75, 3.05) is 33.4 Å². The molecule has 0 aromatic carbocycles. The normalized spacial score (nSPS) is 17.9. The number of halogens is 1. The lowest BCUT2D eigenvalue weighted by molar-refractivity contribution is 0.120. The van der Waals surface area contributed by atoms with Crippen LogP contribution in [0, 0.1) is 3.70 Å². The molecule has 0 radical (unpaired) electrons. The molecule has 0 aliphatic carbocycles. The van der Waals surface area contributed by atoms with Crippen molar-refractivity contribution in [3.8, 4) is 0 Å². The Bertz CT molecular complexity index is 579. The molecule has 0 N–H and O–H groups in total. The van der Waals surface area contributed by atoms with Gasteiger partial charge in [-0.25, -0.2) is 14.6 Å². The Morgan fingerprint density at radius 1 is 1.40 bits per heavy atom. The van der Waals surface area contributed by atoms with Crippen molar-refractivity contribution in [1.29, 1.82) is 0 Å². The van der Waals surface area contributed by atoms with Crippen LogP contribution in [0.3, 0.4) is 0 Å². The van der Waals surface area contributed by atoms with Crippen LogP contribution in [0.1, 0.15) is 18.9 Å². The summed E-state index contributed by atoms with van der Waals surface area (Å²) in [6.07, 6.45) is 5.67. The first kappa shape index (κ1) is 14.2. The second-order valence-electron chi connectivity index (χ2n) is 5.06. The summed E-state index contributed by atoms with van der Waals surface area (Å²) in [6, 6.07) is 0.440. The lowest BCUT2D eigenvalue weighted by Crippen LogP contribution is -2.36. The Balaban J connectivity index is 1.74. The van der Waals surface area contributed by atoms with Crippen LogP contribution < -0.4 is 0 Å². The van der Waals surface area contributed by atoms with Crippen LogP contribution in [0.2, 0.25) is 0 Å². The van der Waals surface area contributed by atoms with E-state index in [-0.39, 0.29) is 0 Å². The van der Waals surface area contributed by atoms with Gasteiger partial charge in [-0.3, -0.25) is 0 Å². The molecule has 1 aliphatic heterocycles. The minimum atomic E-state index is 0.440. The second-order valence-corrected chi connectivity index (χ2v) is 6.08. The Morgan fingerprint density at radius 2 is 2.20 bits per heavy atom. The molecule has 0 bridgehead atoms. The van der Waals surface area contributed by atoms with Gasteiger partial charge >= 0.3 is 0 Å². The molecule has 2 aromatic heterocycles. The van der Waals surface area contributed by atoms with Crippen molar-refractivity contribution in [1.82, 2.24) is 24.6 Å². The van der Waals surface area contributed by atoms with E-state index >= 15 is 0 Å². The average molecular weight is 387 g/mol. The first-order chi connectivity index (χ1) is 9.79. The average Bonchev–Trinajstić information content (AvgIpc) is 2.83. The zero-order valence-corrected chi connectivity index (χ0v) is 13.7. The lowest BCUT2D eigenvalue weighted by Gasteiger charge is -2.31. The van der Waals surface area contributed by atoms with Gasteiger partial charge in [0.15, 0.2) is 5.65 Å². The number of aromatic nitrogens is 4. The summed E-state index contributed by atoms with van der Waals surface area (Å²) in [5.41, 5.74) is 0.958. The third-order valence-corrected chi connectivity index (χ3v) is 4.64. The van der Waals surface area contributed by atoms with Gasteiger partial charge in [-0.15, -0.1) is 0 Å². The maximum Gasteiger partial charge on any atom is 0.162 e. The molecule has 0 atom stereocenters. The van der Waals surface area contributed by atoms with Crippen molar-refractivity contribution in [2.24, 2.45) is 0 Å². The minimum absolute atomic E-state index is 0.440. The second kappa shape index (κ2) is 6.31. The highest BCUT2D eigenvalue weighted by molar-refractivity contribution is 14.1. The molecule has 1 aliphatic rings. The van der Waals surface area contributed by atoms with E-state index in [0.29, 0.717) is 6.04 Å². The maximum absolute atomic E-state index is 5.14. The quantitative estimate of drug-likeness (QED) is 0.748. The smallest absolute Gasteiger partial charge is 0.162 e. The van der Waals surface area contributed by atoms with Gasteiger partial charge in [0, 0.05) is 32.9 Å². The number of fused-ring (bicyclic) bond motifs is 1. The van der Waals surface area contributed by atoms with Crippen LogP contribution in [0.5, 0.6) is 0 Å². The minimum Gasteiger partial charge on any atom is -0.383 e. The molecule has 7 heteroatoms. The molecule has 108 valence electrons. The van der Waals surface area contributed by atoms with Crippen LogP contribution in [0.25, 0.3) is 11.0 Å². The summed E-state index contributed by atoms with van der Waals surface area (Å²) in [7, 11) is 1.75. The van der Waals surface area contributed by atoms with Gasteiger partial charge in [0.25, 0.3) is 0 Å². The van der Waals surface area contributed by atoms with E-state index in [1.54, 1.807) is 13.4 Å². The summed E-state index contributed by atoms with van der Waals surface area (Å²) >= 11 is 2.26. The fraction of sp³-hybridized carbons (Fsp3) is 0.615. The van der Waals surface area contributed by atoms with E-state index in [1.807, 2.05) is 6.20 Å². The van der Waals surface area contributed by atoms with Crippen molar-refractivity contribution < 1.29 is 4.74 Å². The molecular weight excluding hydrogens is 369 g/mol. The van der Waals surface area contributed by atoms with E-state index < -0.39 is 0 Å². The molecule has 20 heavy (non-hydrogen) atoms. The van der Waals surface area contributed by atoms with Crippen molar-refractivity contribution >= 4 is 33.6 Å². The largest absolute Gasteiger partial charge is 0.383 e. The number of likely N-dealkylation sites (tertiary alicyclic amines) is 1. The SMILES string of the molecule is COCCN1CCC(n2nc(I)c3cncnc32)CC1. The summed E-state index contributed by atoms with van der Waals surface area (Å²) in [4.78, 5) is 10.9. The van der Waals surface area contributed by atoms with Crippen LogP contribution in [-0.2, 0) is 4.74 Å². The van der Waals surface area contributed by atoms with Crippen LogP contribution in [-0.4, -0.2) is 58.0 Å². The Labute approximate surface area is 131 Å². The highest BCUT2D eigenvalue weighted by Crippen LogP contribution is 2.27. The van der Waals surface area contributed by atoms with E-state index in [4.69, 9.17) is 4.74 Å². The Morgan fingerprint density at radius 3 is 2.95 bits per heavy atom. The predicted molar refractivity (Wildman–Crippen MR) is 84.6 cm³/mol. The molecule has 1 saturated heterocycles. The molecule has 3 heterocycles. The number of hydrogen-bond acceptors (Lipinski definition) is 5. The fourth-order valence-electron chi connectivity index (χ4n) is 2.71. The van der Waals surface area contributed by atoms with E-state index in [1.165, 1.54) is 0 Å². The van der Waals surface area contributed by atoms with E-state index in [0.717, 1.165) is 53.8 Å². The van der Waals surface area contributed by atoms with Gasteiger partial charge in [-0.1, -0.05) is 0 Å². The standard InChI is InChI=1S/C13H18IN5O/c1-20-7-6-18-4-2-10(3-5-18)19-13-11(12(14)17-19)8-15-9-16-13/h8-10H,2-7H2,1H3. The molecule has 1 fully saturated rings. The monoisotopic (exact) mass is 387 g/mol. The van der Waals surface area contributed by atoms with Gasteiger partial charge < -0.3 is 9.64 Å².